The quantitative estimate of drug-likeness (QED) is 0.694. The first-order valence-electron chi connectivity index (χ1n) is 4.58. The molecule has 0 amide bonds. The van der Waals surface area contributed by atoms with Gasteiger partial charge in [-0.1, -0.05) is 13.3 Å². The molecule has 0 radical (unpaired) electrons. The van der Waals surface area contributed by atoms with Gasteiger partial charge in [-0.05, 0) is 12.8 Å². The topological polar surface area (TPSA) is 46.5 Å². The molecule has 3 heteroatoms. The Hall–Kier alpha value is -0.410. The Morgan fingerprint density at radius 3 is 2.92 bits per heavy atom. The first kappa shape index (κ1) is 9.68. The number of hydrogen-bond donors (Lipinski definition) is 1. The maximum atomic E-state index is 11.4. The molecule has 12 heavy (non-hydrogen) atoms. The van der Waals surface area contributed by atoms with Gasteiger partial charge < -0.3 is 9.84 Å². The summed E-state index contributed by atoms with van der Waals surface area (Å²) in [5, 5.41) is 9.61. The Labute approximate surface area is 72.7 Å². The van der Waals surface area contributed by atoms with Crippen molar-refractivity contribution >= 4 is 5.78 Å². The van der Waals surface area contributed by atoms with E-state index in [1.807, 2.05) is 6.92 Å². The summed E-state index contributed by atoms with van der Waals surface area (Å²) in [4.78, 5) is 11.4. The summed E-state index contributed by atoms with van der Waals surface area (Å²) in [6, 6.07) is 0. The maximum absolute atomic E-state index is 11.4. The minimum Gasteiger partial charge on any atom is -0.360 e. The van der Waals surface area contributed by atoms with Gasteiger partial charge in [-0.15, -0.1) is 0 Å². The Balaban J connectivity index is 2.39. The number of carbonyl (C=O) groups is 1. The second-order valence-electron chi connectivity index (χ2n) is 3.26. The van der Waals surface area contributed by atoms with Crippen molar-refractivity contribution in [2.75, 3.05) is 6.61 Å². The van der Waals surface area contributed by atoms with Gasteiger partial charge in [-0.25, -0.2) is 0 Å². The van der Waals surface area contributed by atoms with Crippen molar-refractivity contribution in [3.63, 3.8) is 0 Å². The average molecular weight is 172 g/mol. The predicted octanol–water partition coefficient (Wildman–Crippen LogP) is 1.24. The van der Waals surface area contributed by atoms with E-state index in [0.717, 1.165) is 19.3 Å². The number of hydrogen-bond acceptors (Lipinski definition) is 3. The zero-order chi connectivity index (χ0) is 9.03. The zero-order valence-corrected chi connectivity index (χ0v) is 7.51. The molecule has 1 saturated heterocycles. The van der Waals surface area contributed by atoms with Crippen LogP contribution >= 0.6 is 0 Å². The average Bonchev–Trinajstić information content (AvgIpc) is 2.49. The molecule has 1 heterocycles. The number of rotatable bonds is 4. The van der Waals surface area contributed by atoms with E-state index in [1.54, 1.807) is 0 Å². The van der Waals surface area contributed by atoms with Gasteiger partial charge in [0.25, 0.3) is 0 Å². The summed E-state index contributed by atoms with van der Waals surface area (Å²) < 4.78 is 5.01. The molecule has 1 unspecified atom stereocenters. The third kappa shape index (κ3) is 2.05. The lowest BCUT2D eigenvalue weighted by molar-refractivity contribution is -0.186. The molecular weight excluding hydrogens is 156 g/mol. The molecule has 0 aliphatic carbocycles. The molecule has 0 bridgehead atoms. The molecule has 1 aliphatic rings. The normalized spacial score (nSPS) is 29.2. The molecule has 3 nitrogen and oxygen atoms in total. The van der Waals surface area contributed by atoms with E-state index in [2.05, 4.69) is 0 Å². The van der Waals surface area contributed by atoms with Gasteiger partial charge in [-0.3, -0.25) is 4.79 Å². The third-order valence-corrected chi connectivity index (χ3v) is 2.19. The summed E-state index contributed by atoms with van der Waals surface area (Å²) in [6.45, 7) is 2.53. The molecular formula is C9H16O3. The van der Waals surface area contributed by atoms with Gasteiger partial charge in [0, 0.05) is 12.8 Å². The Kier molecular flexibility index (Phi) is 3.23. The van der Waals surface area contributed by atoms with Crippen molar-refractivity contribution in [3.05, 3.63) is 0 Å². The van der Waals surface area contributed by atoms with E-state index < -0.39 is 5.79 Å². The highest BCUT2D eigenvalue weighted by atomic mass is 16.6. The van der Waals surface area contributed by atoms with Crippen molar-refractivity contribution < 1.29 is 14.6 Å². The first-order valence-corrected chi connectivity index (χ1v) is 4.58. The summed E-state index contributed by atoms with van der Waals surface area (Å²) in [5.41, 5.74) is 0. The maximum Gasteiger partial charge on any atom is 0.226 e. The minimum absolute atomic E-state index is 0.151. The Morgan fingerprint density at radius 1 is 1.67 bits per heavy atom. The van der Waals surface area contributed by atoms with Crippen molar-refractivity contribution in [3.8, 4) is 0 Å². The van der Waals surface area contributed by atoms with Gasteiger partial charge >= 0.3 is 0 Å². The third-order valence-electron chi connectivity index (χ3n) is 2.19. The lowest BCUT2D eigenvalue weighted by Crippen LogP contribution is -2.37. The molecule has 0 saturated carbocycles. The van der Waals surface area contributed by atoms with E-state index in [0.29, 0.717) is 19.4 Å². The van der Waals surface area contributed by atoms with E-state index in [-0.39, 0.29) is 5.78 Å². The van der Waals surface area contributed by atoms with Crippen LogP contribution in [0.25, 0.3) is 0 Å². The number of carbonyl (C=O) groups excluding carboxylic acids is 1. The molecule has 0 aromatic rings. The standard InChI is InChI=1S/C9H16O3/c1-2-3-5-8(10)9(11)6-4-7-12-9/h11H,2-7H2,1H3. The van der Waals surface area contributed by atoms with E-state index in [9.17, 15) is 9.90 Å². The van der Waals surface area contributed by atoms with Crippen LogP contribution in [0, 0.1) is 0 Å². The highest BCUT2D eigenvalue weighted by Crippen LogP contribution is 2.25. The number of Topliss-reactive ketones (excluding diaryl/α,β-unsaturated/α-hetero) is 1. The fraction of sp³-hybridized carbons (Fsp3) is 0.889. The predicted molar refractivity (Wildman–Crippen MR) is 44.7 cm³/mol. The number of aliphatic hydroxyl groups is 1. The van der Waals surface area contributed by atoms with E-state index in [4.69, 9.17) is 4.74 Å². The lowest BCUT2D eigenvalue weighted by Gasteiger charge is -2.19. The molecule has 1 N–H and O–H groups in total. The van der Waals surface area contributed by atoms with Crippen molar-refractivity contribution in [1.29, 1.82) is 0 Å². The largest absolute Gasteiger partial charge is 0.360 e. The second kappa shape index (κ2) is 4.01. The van der Waals surface area contributed by atoms with Crippen molar-refractivity contribution in [2.24, 2.45) is 0 Å². The van der Waals surface area contributed by atoms with Crippen LogP contribution in [0.3, 0.4) is 0 Å². The van der Waals surface area contributed by atoms with Crippen LogP contribution in [-0.2, 0) is 9.53 Å². The molecule has 1 aliphatic heterocycles. The van der Waals surface area contributed by atoms with Crippen LogP contribution in [0.2, 0.25) is 0 Å². The molecule has 1 fully saturated rings. The highest BCUT2D eigenvalue weighted by molar-refractivity contribution is 5.85. The van der Waals surface area contributed by atoms with Gasteiger partial charge in [-0.2, -0.15) is 0 Å². The highest BCUT2D eigenvalue weighted by Gasteiger charge is 2.39. The second-order valence-corrected chi connectivity index (χ2v) is 3.26. The SMILES string of the molecule is CCCCC(=O)C1(O)CCCO1. The summed E-state index contributed by atoms with van der Waals surface area (Å²) in [7, 11) is 0. The molecule has 1 rings (SSSR count). The van der Waals surface area contributed by atoms with Crippen LogP contribution < -0.4 is 0 Å². The minimum atomic E-state index is -1.44. The molecule has 0 aromatic heterocycles. The van der Waals surface area contributed by atoms with Crippen LogP contribution in [0.5, 0.6) is 0 Å². The van der Waals surface area contributed by atoms with Gasteiger partial charge in [0.2, 0.25) is 5.79 Å². The first-order chi connectivity index (χ1) is 5.69. The van der Waals surface area contributed by atoms with Crippen LogP contribution in [0.4, 0.5) is 0 Å². The zero-order valence-electron chi connectivity index (χ0n) is 7.51. The Morgan fingerprint density at radius 2 is 2.42 bits per heavy atom. The summed E-state index contributed by atoms with van der Waals surface area (Å²) in [6.07, 6.45) is 3.50. The van der Waals surface area contributed by atoms with Crippen LogP contribution in [-0.4, -0.2) is 23.3 Å². The van der Waals surface area contributed by atoms with Gasteiger partial charge in [0.05, 0.1) is 6.61 Å². The molecule has 0 aromatic carbocycles. The van der Waals surface area contributed by atoms with Crippen molar-refractivity contribution in [2.45, 2.75) is 44.8 Å². The van der Waals surface area contributed by atoms with Crippen LogP contribution in [0.1, 0.15) is 39.0 Å². The molecule has 70 valence electrons. The number of unbranched alkanes of at least 4 members (excludes halogenated alkanes) is 1. The van der Waals surface area contributed by atoms with Crippen LogP contribution in [0.15, 0.2) is 0 Å². The molecule has 0 spiro atoms. The number of ether oxygens (including phenoxy) is 1. The molecule has 1 atom stereocenters. The van der Waals surface area contributed by atoms with E-state index >= 15 is 0 Å². The fourth-order valence-electron chi connectivity index (χ4n) is 1.38. The Bertz CT molecular complexity index is 159. The number of ketones is 1. The van der Waals surface area contributed by atoms with Gasteiger partial charge in [0.15, 0.2) is 5.78 Å². The fourth-order valence-corrected chi connectivity index (χ4v) is 1.38. The monoisotopic (exact) mass is 172 g/mol. The van der Waals surface area contributed by atoms with Gasteiger partial charge in [0.1, 0.15) is 0 Å². The lowest BCUT2D eigenvalue weighted by atomic mass is 10.0. The van der Waals surface area contributed by atoms with Crippen molar-refractivity contribution in [1.82, 2.24) is 0 Å². The summed E-state index contributed by atoms with van der Waals surface area (Å²) >= 11 is 0. The van der Waals surface area contributed by atoms with E-state index in [1.165, 1.54) is 0 Å². The summed E-state index contributed by atoms with van der Waals surface area (Å²) in [5.74, 6) is -1.59. The smallest absolute Gasteiger partial charge is 0.226 e.